The van der Waals surface area contributed by atoms with Gasteiger partial charge >= 0.3 is 0 Å². The number of pyridine rings is 1. The SMILES string of the molecule is CCCCCCN(CCCCCC)CC(O)c1cc(-c2ccccc2)nc2ccc(OC)cc12. The highest BCUT2D eigenvalue weighted by Gasteiger charge is 2.18. The molecular formula is C30H42N2O2. The lowest BCUT2D eigenvalue weighted by Crippen LogP contribution is -2.31. The molecule has 4 heteroatoms. The zero-order chi connectivity index (χ0) is 24.2. The van der Waals surface area contributed by atoms with Crippen LogP contribution in [0, 0.1) is 0 Å². The van der Waals surface area contributed by atoms with E-state index in [1.807, 2.05) is 36.4 Å². The zero-order valence-electron chi connectivity index (χ0n) is 21.3. The van der Waals surface area contributed by atoms with E-state index in [-0.39, 0.29) is 0 Å². The summed E-state index contributed by atoms with van der Waals surface area (Å²) in [6.45, 7) is 7.23. The minimum Gasteiger partial charge on any atom is -0.497 e. The standard InChI is InChI=1S/C30H42N2O2/c1-4-6-8-13-19-32(20-14-9-7-5-2)23-30(33)27-22-29(24-15-11-10-12-16-24)31-28-18-17-25(34-3)21-26(27)28/h10-12,15-18,21-22,30,33H,4-9,13-14,19-20,23H2,1-3H3. The lowest BCUT2D eigenvalue weighted by atomic mass is 9.99. The van der Waals surface area contributed by atoms with Gasteiger partial charge in [0.2, 0.25) is 0 Å². The number of aliphatic hydroxyl groups excluding tert-OH is 1. The zero-order valence-corrected chi connectivity index (χ0v) is 21.3. The number of unbranched alkanes of at least 4 members (excludes halogenated alkanes) is 6. The number of nitrogens with zero attached hydrogens (tertiary/aromatic N) is 2. The van der Waals surface area contributed by atoms with Crippen LogP contribution in [0.3, 0.4) is 0 Å². The lowest BCUT2D eigenvalue weighted by Gasteiger charge is -2.26. The Kier molecular flexibility index (Phi) is 10.8. The fourth-order valence-corrected chi connectivity index (χ4v) is 4.55. The second-order valence-corrected chi connectivity index (χ2v) is 9.28. The van der Waals surface area contributed by atoms with Crippen molar-refractivity contribution >= 4 is 10.9 Å². The summed E-state index contributed by atoms with van der Waals surface area (Å²) in [6.07, 6.45) is 9.35. The molecule has 3 aromatic rings. The van der Waals surface area contributed by atoms with Gasteiger partial charge in [0, 0.05) is 17.5 Å². The van der Waals surface area contributed by atoms with Crippen LogP contribution >= 0.6 is 0 Å². The van der Waals surface area contributed by atoms with Crippen molar-refractivity contribution in [2.75, 3.05) is 26.7 Å². The van der Waals surface area contributed by atoms with Gasteiger partial charge in [0.1, 0.15) is 5.75 Å². The van der Waals surface area contributed by atoms with Gasteiger partial charge in [0.05, 0.1) is 24.4 Å². The first kappa shape index (κ1) is 26.2. The van der Waals surface area contributed by atoms with Gasteiger partial charge in [-0.25, -0.2) is 4.98 Å². The molecule has 1 heterocycles. The molecule has 1 N–H and O–H groups in total. The van der Waals surface area contributed by atoms with Crippen molar-refractivity contribution in [2.24, 2.45) is 0 Å². The second-order valence-electron chi connectivity index (χ2n) is 9.28. The van der Waals surface area contributed by atoms with Gasteiger partial charge in [-0.1, -0.05) is 82.7 Å². The number of hydrogen-bond acceptors (Lipinski definition) is 4. The van der Waals surface area contributed by atoms with E-state index in [4.69, 9.17) is 9.72 Å². The van der Waals surface area contributed by atoms with Crippen molar-refractivity contribution in [3.8, 4) is 17.0 Å². The average Bonchev–Trinajstić information content (AvgIpc) is 2.88. The summed E-state index contributed by atoms with van der Waals surface area (Å²) in [5.41, 5.74) is 3.76. The van der Waals surface area contributed by atoms with Crippen molar-refractivity contribution in [1.82, 2.24) is 9.88 Å². The van der Waals surface area contributed by atoms with Crippen LogP contribution < -0.4 is 4.74 Å². The molecule has 0 saturated carbocycles. The molecule has 1 unspecified atom stereocenters. The van der Waals surface area contributed by atoms with Crippen molar-refractivity contribution in [3.63, 3.8) is 0 Å². The van der Waals surface area contributed by atoms with Crippen LogP contribution in [0.25, 0.3) is 22.2 Å². The van der Waals surface area contributed by atoms with Gasteiger partial charge in [-0.15, -0.1) is 0 Å². The fourth-order valence-electron chi connectivity index (χ4n) is 4.55. The summed E-state index contributed by atoms with van der Waals surface area (Å²) in [5.74, 6) is 0.784. The molecule has 1 atom stereocenters. The first-order chi connectivity index (χ1) is 16.7. The van der Waals surface area contributed by atoms with Crippen molar-refractivity contribution in [1.29, 1.82) is 0 Å². The number of aromatic nitrogens is 1. The first-order valence-corrected chi connectivity index (χ1v) is 13.1. The third-order valence-electron chi connectivity index (χ3n) is 6.56. The van der Waals surface area contributed by atoms with E-state index in [0.29, 0.717) is 6.54 Å². The third kappa shape index (κ3) is 7.54. The maximum absolute atomic E-state index is 11.5. The molecular weight excluding hydrogens is 420 g/mol. The van der Waals surface area contributed by atoms with E-state index >= 15 is 0 Å². The van der Waals surface area contributed by atoms with E-state index in [1.165, 1.54) is 51.4 Å². The number of ether oxygens (including phenoxy) is 1. The molecule has 0 aliphatic heterocycles. The largest absolute Gasteiger partial charge is 0.497 e. The molecule has 2 aromatic carbocycles. The van der Waals surface area contributed by atoms with Crippen LogP contribution in [-0.2, 0) is 0 Å². The Morgan fingerprint density at radius 1 is 0.853 bits per heavy atom. The normalized spacial score (nSPS) is 12.4. The van der Waals surface area contributed by atoms with Gasteiger partial charge in [0.15, 0.2) is 0 Å². The van der Waals surface area contributed by atoms with Crippen LogP contribution in [0.4, 0.5) is 0 Å². The van der Waals surface area contributed by atoms with Gasteiger partial charge in [0.25, 0.3) is 0 Å². The number of fused-ring (bicyclic) bond motifs is 1. The van der Waals surface area contributed by atoms with E-state index in [9.17, 15) is 5.11 Å². The van der Waals surface area contributed by atoms with Crippen LogP contribution in [0.2, 0.25) is 0 Å². The highest BCUT2D eigenvalue weighted by Crippen LogP contribution is 2.31. The number of methoxy groups -OCH3 is 1. The molecule has 0 aliphatic rings. The van der Waals surface area contributed by atoms with E-state index in [1.54, 1.807) is 7.11 Å². The summed E-state index contributed by atoms with van der Waals surface area (Å²) < 4.78 is 5.49. The molecule has 34 heavy (non-hydrogen) atoms. The minimum absolute atomic E-state index is 0.586. The Hall–Kier alpha value is -2.43. The smallest absolute Gasteiger partial charge is 0.119 e. The molecule has 4 nitrogen and oxygen atoms in total. The van der Waals surface area contributed by atoms with Gasteiger partial charge in [-0.05, 0) is 55.8 Å². The molecule has 0 saturated heterocycles. The fraction of sp³-hybridized carbons (Fsp3) is 0.500. The maximum atomic E-state index is 11.5. The van der Waals surface area contributed by atoms with E-state index in [2.05, 4.69) is 36.9 Å². The molecule has 0 aliphatic carbocycles. The number of benzene rings is 2. The highest BCUT2D eigenvalue weighted by atomic mass is 16.5. The summed E-state index contributed by atoms with van der Waals surface area (Å²) in [7, 11) is 1.68. The van der Waals surface area contributed by atoms with Gasteiger partial charge < -0.3 is 14.7 Å². The molecule has 0 radical (unpaired) electrons. The molecule has 3 rings (SSSR count). The minimum atomic E-state index is -0.586. The second kappa shape index (κ2) is 14.1. The average molecular weight is 463 g/mol. The molecule has 0 spiro atoms. The Labute approximate surface area is 206 Å². The van der Waals surface area contributed by atoms with Crippen LogP contribution in [0.1, 0.15) is 76.9 Å². The van der Waals surface area contributed by atoms with Crippen LogP contribution in [-0.4, -0.2) is 41.7 Å². The van der Waals surface area contributed by atoms with Crippen LogP contribution in [0.15, 0.2) is 54.6 Å². The van der Waals surface area contributed by atoms with E-state index < -0.39 is 6.10 Å². The summed E-state index contributed by atoms with van der Waals surface area (Å²) in [5, 5.41) is 12.5. The summed E-state index contributed by atoms with van der Waals surface area (Å²) in [6, 6.07) is 18.2. The molecule has 0 fully saturated rings. The third-order valence-corrected chi connectivity index (χ3v) is 6.56. The monoisotopic (exact) mass is 462 g/mol. The summed E-state index contributed by atoms with van der Waals surface area (Å²) in [4.78, 5) is 7.37. The Morgan fingerprint density at radius 2 is 1.53 bits per heavy atom. The maximum Gasteiger partial charge on any atom is 0.119 e. The molecule has 1 aromatic heterocycles. The van der Waals surface area contributed by atoms with Crippen molar-refractivity contribution < 1.29 is 9.84 Å². The van der Waals surface area contributed by atoms with Gasteiger partial charge in [-0.3, -0.25) is 0 Å². The highest BCUT2D eigenvalue weighted by molar-refractivity contribution is 5.86. The number of hydrogen-bond donors (Lipinski definition) is 1. The Bertz CT molecular complexity index is 978. The number of aliphatic hydroxyl groups is 1. The topological polar surface area (TPSA) is 45.6 Å². The lowest BCUT2D eigenvalue weighted by molar-refractivity contribution is 0.111. The number of rotatable bonds is 15. The van der Waals surface area contributed by atoms with Crippen LogP contribution in [0.5, 0.6) is 5.75 Å². The van der Waals surface area contributed by atoms with Crippen molar-refractivity contribution in [2.45, 2.75) is 71.3 Å². The quantitative estimate of drug-likeness (QED) is 0.239. The van der Waals surface area contributed by atoms with Crippen molar-refractivity contribution in [3.05, 3.63) is 60.2 Å². The van der Waals surface area contributed by atoms with E-state index in [0.717, 1.165) is 46.6 Å². The van der Waals surface area contributed by atoms with Gasteiger partial charge in [-0.2, -0.15) is 0 Å². The Balaban J connectivity index is 1.88. The molecule has 0 amide bonds. The Morgan fingerprint density at radius 3 is 2.15 bits per heavy atom. The predicted molar refractivity (Wildman–Crippen MR) is 143 cm³/mol. The molecule has 0 bridgehead atoms. The predicted octanol–water partition coefficient (Wildman–Crippen LogP) is 7.41. The summed E-state index contributed by atoms with van der Waals surface area (Å²) >= 11 is 0. The first-order valence-electron chi connectivity index (χ1n) is 13.1. The molecule has 184 valence electrons.